The zero-order valence-electron chi connectivity index (χ0n) is 10.5. The Morgan fingerprint density at radius 2 is 2.39 bits per heavy atom. The first-order valence-electron chi connectivity index (χ1n) is 5.87. The third-order valence-electron chi connectivity index (χ3n) is 2.35. The van der Waals surface area contributed by atoms with Crippen molar-refractivity contribution in [1.82, 2.24) is 19.9 Å². The molecule has 7 heteroatoms. The van der Waals surface area contributed by atoms with Gasteiger partial charge in [0, 0.05) is 19.9 Å². The Labute approximate surface area is 105 Å². The van der Waals surface area contributed by atoms with E-state index in [9.17, 15) is 0 Å². The van der Waals surface area contributed by atoms with Gasteiger partial charge in [0.15, 0.2) is 11.5 Å². The van der Waals surface area contributed by atoms with E-state index in [4.69, 9.17) is 15.0 Å². The summed E-state index contributed by atoms with van der Waals surface area (Å²) in [4.78, 5) is 4.21. The second-order valence-corrected chi connectivity index (χ2v) is 4.01. The van der Waals surface area contributed by atoms with E-state index < -0.39 is 0 Å². The maximum Gasteiger partial charge on any atom is 0.278 e. The number of aromatic nitrogens is 4. The largest absolute Gasteiger partial charge is 0.379 e. The Kier molecular flexibility index (Phi) is 4.06. The Hall–Kier alpha value is -1.73. The van der Waals surface area contributed by atoms with Crippen molar-refractivity contribution in [3.63, 3.8) is 0 Å². The normalized spacial score (nSPS) is 12.8. The minimum Gasteiger partial charge on any atom is -0.379 e. The predicted octanol–water partition coefficient (Wildman–Crippen LogP) is 0.896. The van der Waals surface area contributed by atoms with Gasteiger partial charge < -0.3 is 15.0 Å². The maximum atomic E-state index is 5.90. The molecule has 0 saturated carbocycles. The zero-order valence-corrected chi connectivity index (χ0v) is 10.5. The van der Waals surface area contributed by atoms with Gasteiger partial charge in [-0.25, -0.2) is 0 Å². The fourth-order valence-corrected chi connectivity index (χ4v) is 1.45. The van der Waals surface area contributed by atoms with Gasteiger partial charge in [-0.3, -0.25) is 4.68 Å². The summed E-state index contributed by atoms with van der Waals surface area (Å²) in [5.41, 5.74) is 6.53. The fourth-order valence-electron chi connectivity index (χ4n) is 1.45. The molecule has 1 unspecified atom stereocenters. The molecule has 0 radical (unpaired) electrons. The summed E-state index contributed by atoms with van der Waals surface area (Å²) in [5.74, 6) is 0.809. The molecule has 18 heavy (non-hydrogen) atoms. The number of aryl methyl sites for hydroxylation is 1. The minimum atomic E-state index is -0.377. The number of hydrogen-bond donors (Lipinski definition) is 1. The highest BCUT2D eigenvalue weighted by molar-refractivity contribution is 5.44. The summed E-state index contributed by atoms with van der Waals surface area (Å²) in [6, 6.07) is 1.42. The van der Waals surface area contributed by atoms with Gasteiger partial charge in [-0.05, 0) is 12.5 Å². The van der Waals surface area contributed by atoms with Crippen molar-refractivity contribution in [1.29, 1.82) is 0 Å². The van der Waals surface area contributed by atoms with Crippen LogP contribution in [0.15, 0.2) is 16.8 Å². The Balaban J connectivity index is 2.01. The molecule has 0 aliphatic rings. The molecule has 2 aromatic heterocycles. The van der Waals surface area contributed by atoms with Crippen molar-refractivity contribution in [3.05, 3.63) is 18.1 Å². The highest BCUT2D eigenvalue weighted by Crippen LogP contribution is 2.16. The first kappa shape index (κ1) is 12.7. The molecular formula is C11H17N5O2. The van der Waals surface area contributed by atoms with Crippen LogP contribution in [0.5, 0.6) is 0 Å². The summed E-state index contributed by atoms with van der Waals surface area (Å²) in [7, 11) is 1.82. The molecule has 0 spiro atoms. The van der Waals surface area contributed by atoms with Crippen LogP contribution in [-0.4, -0.2) is 33.1 Å². The molecule has 0 saturated heterocycles. The molecule has 98 valence electrons. The van der Waals surface area contributed by atoms with Gasteiger partial charge in [0.25, 0.3) is 5.89 Å². The molecule has 0 aliphatic heterocycles. The molecule has 2 heterocycles. The summed E-state index contributed by atoms with van der Waals surface area (Å²) < 4.78 is 12.1. The number of nitrogens with zero attached hydrogens (tertiary/aromatic N) is 4. The monoisotopic (exact) mass is 251 g/mol. The molecule has 0 fully saturated rings. The Morgan fingerprint density at radius 1 is 1.56 bits per heavy atom. The minimum absolute atomic E-state index is 0.372. The molecule has 0 amide bonds. The molecule has 1 atom stereocenters. The number of nitrogens with two attached hydrogens (primary N) is 1. The van der Waals surface area contributed by atoms with Crippen molar-refractivity contribution in [2.24, 2.45) is 12.8 Å². The van der Waals surface area contributed by atoms with Gasteiger partial charge in [0.1, 0.15) is 0 Å². The van der Waals surface area contributed by atoms with Crippen LogP contribution >= 0.6 is 0 Å². The first-order valence-corrected chi connectivity index (χ1v) is 5.87. The van der Waals surface area contributed by atoms with E-state index in [0.717, 1.165) is 6.42 Å². The molecule has 7 nitrogen and oxygen atoms in total. The van der Waals surface area contributed by atoms with Gasteiger partial charge in [-0.15, -0.1) is 0 Å². The highest BCUT2D eigenvalue weighted by atomic mass is 16.5. The van der Waals surface area contributed by atoms with Crippen LogP contribution in [0, 0.1) is 0 Å². The standard InChI is InChI=1S/C11H17N5O2/c1-3-6-17-7-8(12)10-13-11(18-15-10)9-4-5-16(2)14-9/h4-5,8H,3,6-7,12H2,1-2H3. The summed E-state index contributed by atoms with van der Waals surface area (Å²) in [5, 5.41) is 8.02. The quantitative estimate of drug-likeness (QED) is 0.767. The fraction of sp³-hybridized carbons (Fsp3) is 0.545. The van der Waals surface area contributed by atoms with Gasteiger partial charge in [-0.1, -0.05) is 12.1 Å². The third-order valence-corrected chi connectivity index (χ3v) is 2.35. The average Bonchev–Trinajstić information content (AvgIpc) is 2.97. The van der Waals surface area contributed by atoms with E-state index in [1.165, 1.54) is 0 Å². The molecule has 0 aliphatic carbocycles. The van der Waals surface area contributed by atoms with Gasteiger partial charge in [0.05, 0.1) is 12.6 Å². The number of rotatable bonds is 6. The van der Waals surface area contributed by atoms with E-state index in [1.54, 1.807) is 10.7 Å². The van der Waals surface area contributed by atoms with E-state index in [2.05, 4.69) is 15.2 Å². The lowest BCUT2D eigenvalue weighted by molar-refractivity contribution is 0.119. The molecule has 2 aromatic rings. The highest BCUT2D eigenvalue weighted by Gasteiger charge is 2.16. The van der Waals surface area contributed by atoms with Crippen LogP contribution in [-0.2, 0) is 11.8 Å². The van der Waals surface area contributed by atoms with Crippen molar-refractivity contribution in [2.75, 3.05) is 13.2 Å². The number of ether oxygens (including phenoxy) is 1. The van der Waals surface area contributed by atoms with Crippen molar-refractivity contribution < 1.29 is 9.26 Å². The summed E-state index contributed by atoms with van der Waals surface area (Å²) in [6.45, 7) is 3.10. The second-order valence-electron chi connectivity index (χ2n) is 4.01. The van der Waals surface area contributed by atoms with Crippen molar-refractivity contribution in [3.8, 4) is 11.6 Å². The van der Waals surface area contributed by atoms with E-state index >= 15 is 0 Å². The third kappa shape index (κ3) is 2.93. The van der Waals surface area contributed by atoms with Gasteiger partial charge in [-0.2, -0.15) is 10.1 Å². The molecule has 2 N–H and O–H groups in total. The molecule has 2 rings (SSSR count). The summed E-state index contributed by atoms with van der Waals surface area (Å²) in [6.07, 6.45) is 2.77. The van der Waals surface area contributed by atoms with E-state index in [-0.39, 0.29) is 6.04 Å². The van der Waals surface area contributed by atoms with Crippen LogP contribution < -0.4 is 5.73 Å². The van der Waals surface area contributed by atoms with Gasteiger partial charge in [0.2, 0.25) is 0 Å². The lowest BCUT2D eigenvalue weighted by Crippen LogP contribution is -2.18. The Bertz CT molecular complexity index is 493. The SMILES string of the molecule is CCCOCC(N)c1noc(-c2ccn(C)n2)n1. The zero-order chi connectivity index (χ0) is 13.0. The first-order chi connectivity index (χ1) is 8.70. The van der Waals surface area contributed by atoms with Crippen LogP contribution in [0.1, 0.15) is 25.2 Å². The van der Waals surface area contributed by atoms with Crippen LogP contribution in [0.4, 0.5) is 0 Å². The summed E-state index contributed by atoms with van der Waals surface area (Å²) >= 11 is 0. The average molecular weight is 251 g/mol. The topological polar surface area (TPSA) is 92.0 Å². The van der Waals surface area contributed by atoms with Gasteiger partial charge >= 0.3 is 0 Å². The molecule has 0 aromatic carbocycles. The molecule has 0 bridgehead atoms. The van der Waals surface area contributed by atoms with Crippen molar-refractivity contribution in [2.45, 2.75) is 19.4 Å². The lowest BCUT2D eigenvalue weighted by Gasteiger charge is -2.06. The van der Waals surface area contributed by atoms with E-state index in [0.29, 0.717) is 30.6 Å². The maximum absolute atomic E-state index is 5.90. The van der Waals surface area contributed by atoms with Crippen LogP contribution in [0.2, 0.25) is 0 Å². The smallest absolute Gasteiger partial charge is 0.278 e. The number of hydrogen-bond acceptors (Lipinski definition) is 6. The molecular weight excluding hydrogens is 234 g/mol. The van der Waals surface area contributed by atoms with Crippen LogP contribution in [0.25, 0.3) is 11.6 Å². The lowest BCUT2D eigenvalue weighted by atomic mass is 10.3. The predicted molar refractivity (Wildman–Crippen MR) is 64.5 cm³/mol. The Morgan fingerprint density at radius 3 is 3.06 bits per heavy atom. The van der Waals surface area contributed by atoms with Crippen LogP contribution in [0.3, 0.4) is 0 Å². The van der Waals surface area contributed by atoms with E-state index in [1.807, 2.05) is 20.2 Å². The van der Waals surface area contributed by atoms with Crippen molar-refractivity contribution >= 4 is 0 Å². The second kappa shape index (κ2) is 5.74.